The van der Waals surface area contributed by atoms with Crippen LogP contribution in [0.15, 0.2) is 18.2 Å². The summed E-state index contributed by atoms with van der Waals surface area (Å²) in [6.45, 7) is 1.40. The molecule has 22 heavy (non-hydrogen) atoms. The molecule has 0 radical (unpaired) electrons. The lowest BCUT2D eigenvalue weighted by molar-refractivity contribution is 0.0690. The van der Waals surface area contributed by atoms with E-state index in [4.69, 9.17) is 5.26 Å². The van der Waals surface area contributed by atoms with E-state index in [0.717, 1.165) is 25.7 Å². The first-order valence-electron chi connectivity index (χ1n) is 7.87. The van der Waals surface area contributed by atoms with Gasteiger partial charge in [0, 0.05) is 18.6 Å². The van der Waals surface area contributed by atoms with E-state index in [1.54, 1.807) is 12.1 Å². The molecule has 0 amide bonds. The van der Waals surface area contributed by atoms with E-state index in [9.17, 15) is 9.50 Å². The molecule has 1 aromatic rings. The van der Waals surface area contributed by atoms with E-state index >= 15 is 0 Å². The molecule has 1 aliphatic rings. The van der Waals surface area contributed by atoms with Gasteiger partial charge in [-0.05, 0) is 32.0 Å². The normalized spacial score (nSPS) is 17.2. The van der Waals surface area contributed by atoms with Gasteiger partial charge in [-0.1, -0.05) is 25.3 Å². The molecule has 120 valence electrons. The predicted octanol–water partition coefficient (Wildman–Crippen LogP) is 2.74. The number of β-amino-alcohol motifs (C(OH)–C–C–N with tert-alkyl or cyclic N) is 1. The number of aliphatic hydroxyl groups excluding tert-OH is 1. The fourth-order valence-corrected chi connectivity index (χ4v) is 3.34. The second-order valence-corrected chi connectivity index (χ2v) is 6.06. The fraction of sp³-hybridized carbons (Fsp3) is 0.588. The molecule has 0 aliphatic heterocycles. The van der Waals surface area contributed by atoms with E-state index < -0.39 is 5.82 Å². The molecule has 1 aromatic carbocycles. The van der Waals surface area contributed by atoms with Gasteiger partial charge in [0.25, 0.3) is 0 Å². The van der Waals surface area contributed by atoms with E-state index in [0.29, 0.717) is 18.8 Å². The van der Waals surface area contributed by atoms with E-state index in [1.807, 2.05) is 13.1 Å². The van der Waals surface area contributed by atoms with Crippen molar-refractivity contribution in [2.75, 3.05) is 32.1 Å². The Morgan fingerprint density at radius 1 is 1.36 bits per heavy atom. The molecule has 0 spiro atoms. The zero-order chi connectivity index (χ0) is 16.0. The Hall–Kier alpha value is -1.64. The summed E-state index contributed by atoms with van der Waals surface area (Å²) in [6.07, 6.45) is 5.65. The number of halogens is 1. The van der Waals surface area contributed by atoms with Crippen LogP contribution in [0.3, 0.4) is 0 Å². The van der Waals surface area contributed by atoms with Gasteiger partial charge in [0.2, 0.25) is 0 Å². The quantitative estimate of drug-likeness (QED) is 0.848. The number of hydrogen-bond donors (Lipinski definition) is 2. The van der Waals surface area contributed by atoms with E-state index in [-0.39, 0.29) is 17.7 Å². The molecule has 0 aromatic heterocycles. The minimum atomic E-state index is -0.492. The Labute approximate surface area is 131 Å². The van der Waals surface area contributed by atoms with Crippen molar-refractivity contribution in [1.29, 1.82) is 5.26 Å². The van der Waals surface area contributed by atoms with Crippen LogP contribution < -0.4 is 5.32 Å². The zero-order valence-electron chi connectivity index (χ0n) is 13.1. The van der Waals surface area contributed by atoms with Gasteiger partial charge in [0.1, 0.15) is 17.4 Å². The lowest BCUT2D eigenvalue weighted by Crippen LogP contribution is -2.53. The summed E-state index contributed by atoms with van der Waals surface area (Å²) < 4.78 is 13.7. The minimum absolute atomic E-state index is 0.0416. The predicted molar refractivity (Wildman–Crippen MR) is 85.1 cm³/mol. The van der Waals surface area contributed by atoms with Gasteiger partial charge in [-0.25, -0.2) is 4.39 Å². The van der Waals surface area contributed by atoms with Crippen molar-refractivity contribution in [1.82, 2.24) is 4.90 Å². The van der Waals surface area contributed by atoms with Gasteiger partial charge in [-0.3, -0.25) is 4.90 Å². The van der Waals surface area contributed by atoms with Crippen LogP contribution >= 0.6 is 0 Å². The standard InChI is InChI=1S/C17H24FN3O/c1-21(10-11-22)17(8-3-2-4-9-17)13-20-16-7-5-6-15(18)14(16)12-19/h5-7,20,22H,2-4,8-11,13H2,1H3. The summed E-state index contributed by atoms with van der Waals surface area (Å²) in [5, 5.41) is 21.6. The summed E-state index contributed by atoms with van der Waals surface area (Å²) in [5.41, 5.74) is 0.572. The monoisotopic (exact) mass is 305 g/mol. The number of likely N-dealkylation sites (N-methyl/N-ethyl adjacent to an activating group) is 1. The maximum atomic E-state index is 13.7. The highest BCUT2D eigenvalue weighted by atomic mass is 19.1. The van der Waals surface area contributed by atoms with Gasteiger partial charge >= 0.3 is 0 Å². The van der Waals surface area contributed by atoms with Crippen molar-refractivity contribution < 1.29 is 9.50 Å². The van der Waals surface area contributed by atoms with Crippen molar-refractivity contribution >= 4 is 5.69 Å². The van der Waals surface area contributed by atoms with Crippen LogP contribution in [-0.4, -0.2) is 42.3 Å². The second-order valence-electron chi connectivity index (χ2n) is 6.06. The van der Waals surface area contributed by atoms with Crippen LogP contribution in [-0.2, 0) is 0 Å². The third-order valence-corrected chi connectivity index (χ3v) is 4.76. The third-order valence-electron chi connectivity index (χ3n) is 4.76. The summed E-state index contributed by atoms with van der Waals surface area (Å²) in [5.74, 6) is -0.492. The highest BCUT2D eigenvalue weighted by molar-refractivity contribution is 5.58. The Morgan fingerprint density at radius 3 is 2.73 bits per heavy atom. The zero-order valence-corrected chi connectivity index (χ0v) is 13.1. The summed E-state index contributed by atoms with van der Waals surface area (Å²) in [4.78, 5) is 2.20. The number of nitrogens with one attached hydrogen (secondary N) is 1. The van der Waals surface area contributed by atoms with Gasteiger partial charge in [0.15, 0.2) is 0 Å². The number of nitriles is 1. The van der Waals surface area contributed by atoms with Crippen LogP contribution in [0.4, 0.5) is 10.1 Å². The summed E-state index contributed by atoms with van der Waals surface area (Å²) >= 11 is 0. The third kappa shape index (κ3) is 3.57. The van der Waals surface area contributed by atoms with Crippen molar-refractivity contribution in [3.63, 3.8) is 0 Å². The fourth-order valence-electron chi connectivity index (χ4n) is 3.34. The number of nitrogens with zero attached hydrogens (tertiary/aromatic N) is 2. The van der Waals surface area contributed by atoms with Crippen molar-refractivity contribution in [3.05, 3.63) is 29.6 Å². The number of benzene rings is 1. The topological polar surface area (TPSA) is 59.3 Å². The average Bonchev–Trinajstić information content (AvgIpc) is 2.54. The molecule has 1 saturated carbocycles. The van der Waals surface area contributed by atoms with Gasteiger partial charge in [-0.15, -0.1) is 0 Å². The SMILES string of the molecule is CN(CCO)C1(CNc2cccc(F)c2C#N)CCCCC1. The molecule has 1 fully saturated rings. The first-order chi connectivity index (χ1) is 10.6. The van der Waals surface area contributed by atoms with Gasteiger partial charge in [0.05, 0.1) is 12.3 Å². The Balaban J connectivity index is 2.15. The molecule has 0 atom stereocenters. The molecule has 0 bridgehead atoms. The van der Waals surface area contributed by atoms with Crippen molar-refractivity contribution in [3.8, 4) is 6.07 Å². The molecular formula is C17H24FN3O. The maximum Gasteiger partial charge on any atom is 0.143 e. The Bertz CT molecular complexity index is 535. The van der Waals surface area contributed by atoms with E-state index in [2.05, 4.69) is 10.2 Å². The van der Waals surface area contributed by atoms with Crippen LogP contribution in [0.5, 0.6) is 0 Å². The lowest BCUT2D eigenvalue weighted by atomic mass is 9.80. The average molecular weight is 305 g/mol. The number of hydrogen-bond acceptors (Lipinski definition) is 4. The Morgan fingerprint density at radius 2 is 2.09 bits per heavy atom. The molecule has 0 heterocycles. The van der Waals surface area contributed by atoms with Gasteiger partial charge < -0.3 is 10.4 Å². The highest BCUT2D eigenvalue weighted by Crippen LogP contribution is 2.33. The second kappa shape index (κ2) is 7.57. The van der Waals surface area contributed by atoms with Crippen LogP contribution in [0.2, 0.25) is 0 Å². The number of anilines is 1. The number of aliphatic hydroxyl groups is 1. The first kappa shape index (κ1) is 16.7. The molecule has 4 nitrogen and oxygen atoms in total. The largest absolute Gasteiger partial charge is 0.395 e. The van der Waals surface area contributed by atoms with Crippen molar-refractivity contribution in [2.45, 2.75) is 37.6 Å². The molecular weight excluding hydrogens is 281 g/mol. The molecule has 5 heteroatoms. The maximum absolute atomic E-state index is 13.7. The number of rotatable bonds is 6. The lowest BCUT2D eigenvalue weighted by Gasteiger charge is -2.45. The minimum Gasteiger partial charge on any atom is -0.395 e. The molecule has 2 rings (SSSR count). The highest BCUT2D eigenvalue weighted by Gasteiger charge is 2.35. The Kier molecular flexibility index (Phi) is 5.76. The molecule has 0 saturated heterocycles. The van der Waals surface area contributed by atoms with Crippen LogP contribution in [0.25, 0.3) is 0 Å². The van der Waals surface area contributed by atoms with Crippen molar-refractivity contribution in [2.24, 2.45) is 0 Å². The summed E-state index contributed by atoms with van der Waals surface area (Å²) in [7, 11) is 2.03. The van der Waals surface area contributed by atoms with E-state index in [1.165, 1.54) is 12.5 Å². The van der Waals surface area contributed by atoms with Crippen LogP contribution in [0, 0.1) is 17.1 Å². The van der Waals surface area contributed by atoms with Crippen LogP contribution in [0.1, 0.15) is 37.7 Å². The molecule has 2 N–H and O–H groups in total. The summed E-state index contributed by atoms with van der Waals surface area (Å²) in [6, 6.07) is 6.59. The van der Waals surface area contributed by atoms with Gasteiger partial charge in [-0.2, -0.15) is 5.26 Å². The molecule has 1 aliphatic carbocycles. The smallest absolute Gasteiger partial charge is 0.143 e. The first-order valence-corrected chi connectivity index (χ1v) is 7.87. The molecule has 0 unspecified atom stereocenters.